The molecular weight excluding hydrogens is 298 g/mol. The number of fused-ring (bicyclic) bond motifs is 1. The summed E-state index contributed by atoms with van der Waals surface area (Å²) < 4.78 is 0. The molecule has 0 saturated heterocycles. The number of nitrogens with zero attached hydrogens (tertiary/aromatic N) is 4. The highest BCUT2D eigenvalue weighted by molar-refractivity contribution is 5.65. The van der Waals surface area contributed by atoms with Crippen molar-refractivity contribution in [3.63, 3.8) is 0 Å². The molecule has 0 atom stereocenters. The summed E-state index contributed by atoms with van der Waals surface area (Å²) in [6.07, 6.45) is 7.66. The van der Waals surface area contributed by atoms with Crippen molar-refractivity contribution in [3.8, 4) is 0 Å². The largest absolute Gasteiger partial charge is 0.350 e. The summed E-state index contributed by atoms with van der Waals surface area (Å²) in [4.78, 5) is 15.3. The van der Waals surface area contributed by atoms with Gasteiger partial charge < -0.3 is 10.2 Å². The number of hydrogen-bond donors (Lipinski definition) is 1. The third-order valence-corrected chi connectivity index (χ3v) is 4.23. The first-order valence-corrected chi connectivity index (χ1v) is 8.21. The van der Waals surface area contributed by atoms with Crippen LogP contribution in [0, 0.1) is 0 Å². The molecular formula is C19H19N5. The van der Waals surface area contributed by atoms with Crippen LogP contribution < -0.4 is 10.2 Å². The highest BCUT2D eigenvalue weighted by Crippen LogP contribution is 2.32. The third kappa shape index (κ3) is 3.06. The van der Waals surface area contributed by atoms with E-state index in [1.54, 1.807) is 12.4 Å². The van der Waals surface area contributed by atoms with Gasteiger partial charge in [0.15, 0.2) is 0 Å². The molecule has 24 heavy (non-hydrogen) atoms. The minimum absolute atomic E-state index is 0.646. The van der Waals surface area contributed by atoms with Crippen molar-refractivity contribution in [2.45, 2.75) is 19.4 Å². The molecule has 1 aliphatic rings. The maximum absolute atomic E-state index is 4.70. The van der Waals surface area contributed by atoms with Gasteiger partial charge in [-0.25, -0.2) is 4.98 Å². The van der Waals surface area contributed by atoms with Gasteiger partial charge in [-0.05, 0) is 48.2 Å². The van der Waals surface area contributed by atoms with Gasteiger partial charge in [0.05, 0.1) is 0 Å². The summed E-state index contributed by atoms with van der Waals surface area (Å²) in [7, 11) is 0. The zero-order chi connectivity index (χ0) is 16.2. The fourth-order valence-electron chi connectivity index (χ4n) is 3.04. The zero-order valence-electron chi connectivity index (χ0n) is 13.4. The van der Waals surface area contributed by atoms with E-state index in [1.807, 2.05) is 24.4 Å². The van der Waals surface area contributed by atoms with Crippen LogP contribution >= 0.6 is 0 Å². The summed E-state index contributed by atoms with van der Waals surface area (Å²) in [5.74, 6) is 1.58. The van der Waals surface area contributed by atoms with Crippen LogP contribution in [0.5, 0.6) is 0 Å². The molecule has 4 rings (SSSR count). The molecule has 0 unspecified atom stereocenters. The summed E-state index contributed by atoms with van der Waals surface area (Å²) in [5.41, 5.74) is 3.79. The smallest absolute Gasteiger partial charge is 0.224 e. The van der Waals surface area contributed by atoms with Crippen molar-refractivity contribution < 1.29 is 0 Å². The first-order valence-electron chi connectivity index (χ1n) is 8.21. The average molecular weight is 317 g/mol. The molecule has 120 valence electrons. The molecule has 3 aromatic rings. The zero-order valence-corrected chi connectivity index (χ0v) is 13.4. The lowest BCUT2D eigenvalue weighted by Crippen LogP contribution is -2.25. The molecule has 5 nitrogen and oxygen atoms in total. The molecule has 3 heterocycles. The number of aromatic nitrogens is 3. The van der Waals surface area contributed by atoms with Crippen LogP contribution in [-0.4, -0.2) is 21.5 Å². The second-order valence-corrected chi connectivity index (χ2v) is 5.83. The number of para-hydroxylation sites is 1. The SMILES string of the molecule is c1ccc2c(c1)CCCN2c1ccnc(NCc2ccncc2)n1. The second-order valence-electron chi connectivity index (χ2n) is 5.83. The maximum Gasteiger partial charge on any atom is 0.224 e. The van der Waals surface area contributed by atoms with Gasteiger partial charge in [-0.3, -0.25) is 4.98 Å². The Kier molecular flexibility index (Phi) is 4.06. The Balaban J connectivity index is 1.55. The molecule has 1 N–H and O–H groups in total. The molecule has 1 aliphatic heterocycles. The normalized spacial score (nSPS) is 13.4. The number of anilines is 3. The molecule has 0 bridgehead atoms. The first-order chi connectivity index (χ1) is 11.9. The number of hydrogen-bond acceptors (Lipinski definition) is 5. The van der Waals surface area contributed by atoms with Crippen molar-refractivity contribution in [2.75, 3.05) is 16.8 Å². The van der Waals surface area contributed by atoms with E-state index >= 15 is 0 Å². The van der Waals surface area contributed by atoms with Crippen LogP contribution in [0.3, 0.4) is 0 Å². The Morgan fingerprint density at radius 2 is 1.88 bits per heavy atom. The number of pyridine rings is 1. The number of benzene rings is 1. The van der Waals surface area contributed by atoms with Crippen LogP contribution in [0.15, 0.2) is 61.1 Å². The van der Waals surface area contributed by atoms with E-state index < -0.39 is 0 Å². The third-order valence-electron chi connectivity index (χ3n) is 4.23. The molecule has 0 saturated carbocycles. The quantitative estimate of drug-likeness (QED) is 0.797. The summed E-state index contributed by atoms with van der Waals surface area (Å²) in [6.45, 7) is 1.67. The average Bonchev–Trinajstić information content (AvgIpc) is 2.67. The van der Waals surface area contributed by atoms with E-state index in [9.17, 15) is 0 Å². The molecule has 0 spiro atoms. The topological polar surface area (TPSA) is 53.9 Å². The van der Waals surface area contributed by atoms with Crippen LogP contribution in [0.2, 0.25) is 0 Å². The fraction of sp³-hybridized carbons (Fsp3) is 0.211. The van der Waals surface area contributed by atoms with Gasteiger partial charge in [0.1, 0.15) is 5.82 Å². The van der Waals surface area contributed by atoms with Gasteiger partial charge >= 0.3 is 0 Å². The molecule has 0 fully saturated rings. The van der Waals surface area contributed by atoms with Gasteiger partial charge in [-0.1, -0.05) is 18.2 Å². The number of aryl methyl sites for hydroxylation is 1. The van der Waals surface area contributed by atoms with Crippen molar-refractivity contribution in [1.29, 1.82) is 0 Å². The van der Waals surface area contributed by atoms with E-state index in [1.165, 1.54) is 11.3 Å². The summed E-state index contributed by atoms with van der Waals surface area (Å²) in [5, 5.41) is 3.29. The molecule has 5 heteroatoms. The lowest BCUT2D eigenvalue weighted by molar-refractivity contribution is 0.758. The Morgan fingerprint density at radius 1 is 1.00 bits per heavy atom. The highest BCUT2D eigenvalue weighted by Gasteiger charge is 2.18. The first kappa shape index (κ1) is 14.6. The predicted molar refractivity (Wildman–Crippen MR) is 95.4 cm³/mol. The van der Waals surface area contributed by atoms with E-state index in [0.29, 0.717) is 12.5 Å². The fourth-order valence-corrected chi connectivity index (χ4v) is 3.04. The molecule has 0 radical (unpaired) electrons. The molecule has 0 aliphatic carbocycles. The summed E-state index contributed by atoms with van der Waals surface area (Å²) in [6, 6.07) is 14.5. The van der Waals surface area contributed by atoms with Gasteiger partial charge in [0.25, 0.3) is 0 Å². The second kappa shape index (κ2) is 6.66. The van der Waals surface area contributed by atoms with Crippen molar-refractivity contribution in [2.24, 2.45) is 0 Å². The standard InChI is InChI=1S/C19H19N5/c1-2-6-17-16(4-1)5-3-13-24(17)18-9-12-21-19(23-18)22-14-15-7-10-20-11-8-15/h1-2,4,6-12H,3,5,13-14H2,(H,21,22,23). The lowest BCUT2D eigenvalue weighted by Gasteiger charge is -2.30. The Labute approximate surface area is 141 Å². The van der Waals surface area contributed by atoms with Gasteiger partial charge in [-0.2, -0.15) is 4.98 Å². The minimum Gasteiger partial charge on any atom is -0.350 e. The maximum atomic E-state index is 4.70. The molecule has 0 amide bonds. The monoisotopic (exact) mass is 317 g/mol. The van der Waals surface area contributed by atoms with Crippen LogP contribution in [-0.2, 0) is 13.0 Å². The van der Waals surface area contributed by atoms with E-state index in [-0.39, 0.29) is 0 Å². The van der Waals surface area contributed by atoms with Gasteiger partial charge in [-0.15, -0.1) is 0 Å². The van der Waals surface area contributed by atoms with E-state index in [2.05, 4.69) is 44.5 Å². The van der Waals surface area contributed by atoms with Crippen LogP contribution in [0.1, 0.15) is 17.5 Å². The Hall–Kier alpha value is -2.95. The van der Waals surface area contributed by atoms with Gasteiger partial charge in [0, 0.05) is 37.4 Å². The van der Waals surface area contributed by atoms with Crippen LogP contribution in [0.4, 0.5) is 17.5 Å². The van der Waals surface area contributed by atoms with E-state index in [0.717, 1.165) is 30.8 Å². The minimum atomic E-state index is 0.646. The van der Waals surface area contributed by atoms with Crippen LogP contribution in [0.25, 0.3) is 0 Å². The van der Waals surface area contributed by atoms with E-state index in [4.69, 9.17) is 4.98 Å². The van der Waals surface area contributed by atoms with Crippen molar-refractivity contribution in [1.82, 2.24) is 15.0 Å². The van der Waals surface area contributed by atoms with Crippen molar-refractivity contribution in [3.05, 3.63) is 72.2 Å². The number of nitrogens with one attached hydrogen (secondary N) is 1. The molecule has 2 aromatic heterocycles. The Bertz CT molecular complexity index is 819. The summed E-state index contributed by atoms with van der Waals surface area (Å²) >= 11 is 0. The van der Waals surface area contributed by atoms with Crippen molar-refractivity contribution >= 4 is 17.5 Å². The van der Waals surface area contributed by atoms with Gasteiger partial charge in [0.2, 0.25) is 5.95 Å². The highest BCUT2D eigenvalue weighted by atomic mass is 15.2. The number of rotatable bonds is 4. The predicted octanol–water partition coefficient (Wildman–Crippen LogP) is 3.57. The Morgan fingerprint density at radius 3 is 2.79 bits per heavy atom. The lowest BCUT2D eigenvalue weighted by atomic mass is 10.0. The molecule has 1 aromatic carbocycles.